The SMILES string of the molecule is O=C(OCc1nc(-c2cccnc2)no1)c1cc(S(=O)(=O)N2CCOCC2)ccc1Cl. The standard InChI is InChI=1S/C19H17ClN4O6S/c20-16-4-3-14(31(26,27)24-6-8-28-9-7-24)10-15(16)19(25)29-12-17-22-18(23-30-17)13-2-1-5-21-11-13/h1-5,10-11H,6-9,12H2. The maximum absolute atomic E-state index is 12.8. The first kappa shape index (κ1) is 21.4. The van der Waals surface area contributed by atoms with Crippen LogP contribution in [0.1, 0.15) is 16.2 Å². The van der Waals surface area contributed by atoms with Gasteiger partial charge in [0.1, 0.15) is 0 Å². The highest BCUT2D eigenvalue weighted by Gasteiger charge is 2.28. The molecule has 1 saturated heterocycles. The van der Waals surface area contributed by atoms with E-state index in [2.05, 4.69) is 15.1 Å². The number of sulfonamides is 1. The summed E-state index contributed by atoms with van der Waals surface area (Å²) in [6.45, 7) is 0.797. The molecule has 0 atom stereocenters. The van der Waals surface area contributed by atoms with Crippen molar-refractivity contribution in [3.05, 3.63) is 59.2 Å². The molecular weight excluding hydrogens is 448 g/mol. The van der Waals surface area contributed by atoms with Crippen molar-refractivity contribution in [1.29, 1.82) is 0 Å². The molecule has 2 aromatic heterocycles. The van der Waals surface area contributed by atoms with E-state index in [-0.39, 0.29) is 41.1 Å². The molecule has 162 valence electrons. The summed E-state index contributed by atoms with van der Waals surface area (Å²) in [5, 5.41) is 3.88. The average molecular weight is 465 g/mol. The molecule has 31 heavy (non-hydrogen) atoms. The maximum atomic E-state index is 12.8. The lowest BCUT2D eigenvalue weighted by molar-refractivity contribution is 0.0429. The quantitative estimate of drug-likeness (QED) is 0.504. The van der Waals surface area contributed by atoms with Crippen LogP contribution in [0.25, 0.3) is 11.4 Å². The molecule has 3 aromatic rings. The van der Waals surface area contributed by atoms with Gasteiger partial charge in [0.2, 0.25) is 15.8 Å². The Bertz CT molecular complexity index is 1180. The largest absolute Gasteiger partial charge is 0.452 e. The summed E-state index contributed by atoms with van der Waals surface area (Å²) < 4.78 is 42.4. The van der Waals surface area contributed by atoms with E-state index < -0.39 is 16.0 Å². The first-order valence-electron chi connectivity index (χ1n) is 9.23. The van der Waals surface area contributed by atoms with Crippen molar-refractivity contribution in [3.63, 3.8) is 0 Å². The van der Waals surface area contributed by atoms with Crippen molar-refractivity contribution < 1.29 is 27.2 Å². The van der Waals surface area contributed by atoms with Crippen LogP contribution < -0.4 is 0 Å². The average Bonchev–Trinajstić information content (AvgIpc) is 3.28. The minimum atomic E-state index is -3.79. The molecule has 0 N–H and O–H groups in total. The van der Waals surface area contributed by atoms with Gasteiger partial charge in [-0.1, -0.05) is 16.8 Å². The Hall–Kier alpha value is -2.86. The Balaban J connectivity index is 1.47. The van der Waals surface area contributed by atoms with Crippen LogP contribution >= 0.6 is 11.6 Å². The fourth-order valence-corrected chi connectivity index (χ4v) is 4.52. The van der Waals surface area contributed by atoms with Crippen LogP contribution in [0.2, 0.25) is 5.02 Å². The minimum Gasteiger partial charge on any atom is -0.452 e. The molecule has 0 bridgehead atoms. The van der Waals surface area contributed by atoms with Crippen LogP contribution in [-0.2, 0) is 26.1 Å². The third-order valence-electron chi connectivity index (χ3n) is 4.48. The van der Waals surface area contributed by atoms with Crippen molar-refractivity contribution in [2.75, 3.05) is 26.3 Å². The number of nitrogens with zero attached hydrogens (tertiary/aromatic N) is 4. The smallest absolute Gasteiger partial charge is 0.340 e. The highest BCUT2D eigenvalue weighted by atomic mass is 35.5. The zero-order valence-corrected chi connectivity index (χ0v) is 17.7. The molecule has 1 aliphatic rings. The Kier molecular flexibility index (Phi) is 6.28. The Labute approximate surface area is 182 Å². The van der Waals surface area contributed by atoms with E-state index >= 15 is 0 Å². The van der Waals surface area contributed by atoms with Gasteiger partial charge in [0, 0.05) is 31.0 Å². The predicted molar refractivity (Wildman–Crippen MR) is 108 cm³/mol. The third kappa shape index (κ3) is 4.74. The number of hydrogen-bond acceptors (Lipinski definition) is 9. The molecule has 12 heteroatoms. The number of morpholine rings is 1. The van der Waals surface area contributed by atoms with E-state index in [4.69, 9.17) is 25.6 Å². The van der Waals surface area contributed by atoms with Gasteiger partial charge in [-0.15, -0.1) is 0 Å². The molecule has 3 heterocycles. The summed E-state index contributed by atoms with van der Waals surface area (Å²) in [6, 6.07) is 7.38. The summed E-state index contributed by atoms with van der Waals surface area (Å²) in [7, 11) is -3.79. The number of rotatable bonds is 6. The number of carbonyl (C=O) groups is 1. The van der Waals surface area contributed by atoms with Gasteiger partial charge in [-0.2, -0.15) is 9.29 Å². The van der Waals surface area contributed by atoms with Gasteiger partial charge in [-0.3, -0.25) is 4.98 Å². The summed E-state index contributed by atoms with van der Waals surface area (Å²) >= 11 is 6.11. The molecule has 4 rings (SSSR count). The molecule has 0 saturated carbocycles. The zero-order valence-electron chi connectivity index (χ0n) is 16.1. The summed E-state index contributed by atoms with van der Waals surface area (Å²) in [5.74, 6) is -0.443. The van der Waals surface area contributed by atoms with Gasteiger partial charge >= 0.3 is 5.97 Å². The number of carbonyl (C=O) groups excluding carboxylic acids is 1. The number of hydrogen-bond donors (Lipinski definition) is 0. The van der Waals surface area contributed by atoms with Crippen LogP contribution in [0.5, 0.6) is 0 Å². The third-order valence-corrected chi connectivity index (χ3v) is 6.70. The Morgan fingerprint density at radius 2 is 2.03 bits per heavy atom. The lowest BCUT2D eigenvalue weighted by Gasteiger charge is -2.26. The van der Waals surface area contributed by atoms with Crippen LogP contribution in [0.3, 0.4) is 0 Å². The molecule has 1 fully saturated rings. The van der Waals surface area contributed by atoms with Crippen LogP contribution in [0, 0.1) is 0 Å². The topological polar surface area (TPSA) is 125 Å². The minimum absolute atomic E-state index is 0.0533. The van der Waals surface area contributed by atoms with Crippen LogP contribution in [-0.4, -0.2) is 60.1 Å². The number of ether oxygens (including phenoxy) is 2. The second kappa shape index (κ2) is 9.10. The molecule has 1 aromatic carbocycles. The van der Waals surface area contributed by atoms with E-state index in [0.29, 0.717) is 24.6 Å². The van der Waals surface area contributed by atoms with Crippen molar-refractivity contribution >= 4 is 27.6 Å². The van der Waals surface area contributed by atoms with E-state index in [1.165, 1.54) is 22.5 Å². The number of aromatic nitrogens is 3. The summed E-state index contributed by atoms with van der Waals surface area (Å²) in [6.07, 6.45) is 3.18. The predicted octanol–water partition coefficient (Wildman–Crippen LogP) is 2.16. The van der Waals surface area contributed by atoms with E-state index in [1.807, 2.05) is 0 Å². The van der Waals surface area contributed by atoms with Crippen molar-refractivity contribution in [3.8, 4) is 11.4 Å². The molecule has 0 amide bonds. The van der Waals surface area contributed by atoms with Crippen LogP contribution in [0.15, 0.2) is 52.1 Å². The second-order valence-corrected chi connectivity index (χ2v) is 8.83. The lowest BCUT2D eigenvalue weighted by Crippen LogP contribution is -2.40. The molecule has 1 aliphatic heterocycles. The van der Waals surface area contributed by atoms with E-state index in [0.717, 1.165) is 0 Å². The number of benzene rings is 1. The highest BCUT2D eigenvalue weighted by Crippen LogP contribution is 2.24. The molecule has 0 radical (unpaired) electrons. The number of halogens is 1. The second-order valence-electron chi connectivity index (χ2n) is 6.49. The molecule has 0 unspecified atom stereocenters. The number of pyridine rings is 1. The monoisotopic (exact) mass is 464 g/mol. The highest BCUT2D eigenvalue weighted by molar-refractivity contribution is 7.89. The Morgan fingerprint density at radius 3 is 2.77 bits per heavy atom. The maximum Gasteiger partial charge on any atom is 0.340 e. The van der Waals surface area contributed by atoms with Crippen molar-refractivity contribution in [1.82, 2.24) is 19.4 Å². The van der Waals surface area contributed by atoms with Crippen molar-refractivity contribution in [2.24, 2.45) is 0 Å². The first-order chi connectivity index (χ1) is 14.9. The normalized spacial score (nSPS) is 15.0. The summed E-state index contributed by atoms with van der Waals surface area (Å²) in [4.78, 5) is 20.6. The Morgan fingerprint density at radius 1 is 1.23 bits per heavy atom. The van der Waals surface area contributed by atoms with E-state index in [1.54, 1.807) is 24.5 Å². The lowest BCUT2D eigenvalue weighted by atomic mass is 10.2. The van der Waals surface area contributed by atoms with Gasteiger partial charge in [-0.05, 0) is 30.3 Å². The van der Waals surface area contributed by atoms with Gasteiger partial charge in [0.05, 0.1) is 28.7 Å². The fraction of sp³-hybridized carbons (Fsp3) is 0.263. The van der Waals surface area contributed by atoms with Gasteiger partial charge < -0.3 is 14.0 Å². The molecule has 0 aliphatic carbocycles. The molecule has 10 nitrogen and oxygen atoms in total. The van der Waals surface area contributed by atoms with Gasteiger partial charge in [0.15, 0.2) is 6.61 Å². The van der Waals surface area contributed by atoms with Crippen molar-refractivity contribution in [2.45, 2.75) is 11.5 Å². The van der Waals surface area contributed by atoms with Gasteiger partial charge in [0.25, 0.3) is 5.89 Å². The van der Waals surface area contributed by atoms with Gasteiger partial charge in [-0.25, -0.2) is 13.2 Å². The first-order valence-corrected chi connectivity index (χ1v) is 11.0. The molecule has 0 spiro atoms. The summed E-state index contributed by atoms with van der Waals surface area (Å²) in [5.41, 5.74) is 0.566. The van der Waals surface area contributed by atoms with Crippen LogP contribution in [0.4, 0.5) is 0 Å². The number of esters is 1. The molecular formula is C19H17ClN4O6S. The fourth-order valence-electron chi connectivity index (χ4n) is 2.89. The van der Waals surface area contributed by atoms with E-state index in [9.17, 15) is 13.2 Å². The zero-order chi connectivity index (χ0) is 21.8.